The van der Waals surface area contributed by atoms with Gasteiger partial charge in [0.2, 0.25) is 11.8 Å². The number of carbonyl (C=O) groups excluding carboxylic acids is 4. The molecule has 14 heteroatoms. The number of alkyl halides is 3. The summed E-state index contributed by atoms with van der Waals surface area (Å²) in [6, 6.07) is 1.75. The Morgan fingerprint density at radius 2 is 1.72 bits per heavy atom. The molecule has 2 aliphatic heterocycles. The van der Waals surface area contributed by atoms with Crippen LogP contribution in [0.25, 0.3) is 0 Å². The molecule has 1 unspecified atom stereocenters. The number of piperidine rings is 1. The van der Waals surface area contributed by atoms with Crippen molar-refractivity contribution in [1.82, 2.24) is 20.4 Å². The molecule has 212 valence electrons. The Labute approximate surface area is 220 Å². The Hall–Kier alpha value is -3.45. The summed E-state index contributed by atoms with van der Waals surface area (Å²) >= 11 is 0. The third-order valence-electron chi connectivity index (χ3n) is 8.02. The zero-order valence-corrected chi connectivity index (χ0v) is 20.9. The number of alkyl carbamates (subject to hydrolysis) is 1. The number of likely N-dealkylation sites (tertiary alicyclic amines) is 1. The topological polar surface area (TPSA) is 108 Å². The van der Waals surface area contributed by atoms with E-state index in [9.17, 15) is 41.1 Å². The number of hydrogen-bond donors (Lipinski definition) is 2. The summed E-state index contributed by atoms with van der Waals surface area (Å²) in [7, 11) is 1.67. The molecule has 4 aliphatic rings. The molecule has 2 saturated heterocycles. The third kappa shape index (κ3) is 5.12. The number of nitrogens with zero attached hydrogens (tertiary/aromatic N) is 2. The minimum atomic E-state index is -4.86. The van der Waals surface area contributed by atoms with Crippen molar-refractivity contribution >= 4 is 23.9 Å². The fourth-order valence-electron chi connectivity index (χ4n) is 5.45. The van der Waals surface area contributed by atoms with Gasteiger partial charge in [-0.25, -0.2) is 18.4 Å². The monoisotopic (exact) mass is 558 g/mol. The average molecular weight is 559 g/mol. The second-order valence-electron chi connectivity index (χ2n) is 10.8. The van der Waals surface area contributed by atoms with Gasteiger partial charge in [0.15, 0.2) is 0 Å². The van der Waals surface area contributed by atoms with Gasteiger partial charge < -0.3 is 19.9 Å². The number of ether oxygens (including phenoxy) is 1. The molecule has 4 fully saturated rings. The lowest BCUT2D eigenvalue weighted by Gasteiger charge is -2.49. The lowest BCUT2D eigenvalue weighted by molar-refractivity contribution is -0.221. The standard InChI is InChI=1S/C25H27F5N4O5/c1-33(14-2-3-14)23(38)34-10-15(11-34)39-22(37)32-24(25(28,29)30)8-13(9-24)12-6-17(26)20(18(27)7-12)16-4-5-19(35)31-21(16)36/h6-7,13-16H,2-5,8-11H2,1H3,(H,32,37)(H,31,35,36). The number of amides is 5. The SMILES string of the molecule is CN(C(=O)N1CC(OC(=O)NC2(C(F)(F)F)CC(c3cc(F)c(C4CCC(=O)NC4=O)c(F)c3)C2)C1)C1CC1. The van der Waals surface area contributed by atoms with Crippen molar-refractivity contribution in [3.63, 3.8) is 0 Å². The number of nitrogens with one attached hydrogen (secondary N) is 2. The Kier molecular flexibility index (Phi) is 6.70. The Balaban J connectivity index is 1.19. The van der Waals surface area contributed by atoms with Gasteiger partial charge in [0, 0.05) is 25.1 Å². The van der Waals surface area contributed by atoms with Crippen LogP contribution in [0.1, 0.15) is 61.5 Å². The summed E-state index contributed by atoms with van der Waals surface area (Å²) in [5.74, 6) is -5.71. The van der Waals surface area contributed by atoms with Gasteiger partial charge in [0.1, 0.15) is 23.3 Å². The van der Waals surface area contributed by atoms with Crippen LogP contribution in [-0.2, 0) is 14.3 Å². The number of carbonyl (C=O) groups is 4. The predicted octanol–water partition coefficient (Wildman–Crippen LogP) is 3.29. The highest BCUT2D eigenvalue weighted by atomic mass is 19.4. The predicted molar refractivity (Wildman–Crippen MR) is 123 cm³/mol. The molecule has 2 heterocycles. The largest absolute Gasteiger partial charge is 0.442 e. The van der Waals surface area contributed by atoms with Gasteiger partial charge in [0.25, 0.3) is 0 Å². The number of benzene rings is 1. The maximum Gasteiger partial charge on any atom is 0.411 e. The number of urea groups is 1. The van der Waals surface area contributed by atoms with Crippen molar-refractivity contribution in [2.75, 3.05) is 20.1 Å². The second kappa shape index (κ2) is 9.63. The van der Waals surface area contributed by atoms with Crippen LogP contribution in [0.3, 0.4) is 0 Å². The van der Waals surface area contributed by atoms with E-state index in [2.05, 4.69) is 0 Å². The van der Waals surface area contributed by atoms with E-state index in [1.807, 2.05) is 10.6 Å². The smallest absolute Gasteiger partial charge is 0.411 e. The maximum atomic E-state index is 14.9. The highest BCUT2D eigenvalue weighted by Crippen LogP contribution is 2.53. The molecule has 0 radical (unpaired) electrons. The summed E-state index contributed by atoms with van der Waals surface area (Å²) in [4.78, 5) is 51.0. The number of rotatable bonds is 5. The second-order valence-corrected chi connectivity index (χ2v) is 10.8. The van der Waals surface area contributed by atoms with Crippen LogP contribution in [-0.4, -0.2) is 77.7 Å². The summed E-state index contributed by atoms with van der Waals surface area (Å²) in [5, 5.41) is 3.91. The van der Waals surface area contributed by atoms with Crippen LogP contribution in [0.4, 0.5) is 31.5 Å². The maximum absolute atomic E-state index is 14.9. The van der Waals surface area contributed by atoms with E-state index >= 15 is 0 Å². The van der Waals surface area contributed by atoms with E-state index in [0.717, 1.165) is 25.0 Å². The van der Waals surface area contributed by atoms with Crippen molar-refractivity contribution in [2.45, 2.75) is 74.2 Å². The van der Waals surface area contributed by atoms with Crippen molar-refractivity contribution in [2.24, 2.45) is 0 Å². The summed E-state index contributed by atoms with van der Waals surface area (Å²) < 4.78 is 76.7. The van der Waals surface area contributed by atoms with Gasteiger partial charge >= 0.3 is 18.3 Å². The molecular formula is C25H27F5N4O5. The molecule has 1 aromatic rings. The van der Waals surface area contributed by atoms with Crippen LogP contribution in [0, 0.1) is 11.6 Å². The first-order valence-corrected chi connectivity index (χ1v) is 12.7. The molecule has 2 aliphatic carbocycles. The molecular weight excluding hydrogens is 531 g/mol. The van der Waals surface area contributed by atoms with Crippen LogP contribution in [0.5, 0.6) is 0 Å². The van der Waals surface area contributed by atoms with Crippen LogP contribution < -0.4 is 10.6 Å². The lowest BCUT2D eigenvalue weighted by atomic mass is 9.65. The van der Waals surface area contributed by atoms with Gasteiger partial charge in [0.05, 0.1) is 19.0 Å². The highest BCUT2D eigenvalue weighted by molar-refractivity contribution is 6.01. The molecule has 2 N–H and O–H groups in total. The summed E-state index contributed by atoms with van der Waals surface area (Å²) in [6.45, 7) is 0.145. The van der Waals surface area contributed by atoms with Crippen molar-refractivity contribution in [3.05, 3.63) is 34.9 Å². The van der Waals surface area contributed by atoms with E-state index in [1.54, 1.807) is 11.9 Å². The first-order valence-electron chi connectivity index (χ1n) is 12.7. The molecule has 5 amide bonds. The molecule has 9 nitrogen and oxygen atoms in total. The van der Waals surface area contributed by atoms with Crippen LogP contribution in [0.15, 0.2) is 12.1 Å². The summed E-state index contributed by atoms with van der Waals surface area (Å²) in [5.41, 5.74) is -3.22. The molecule has 0 aromatic heterocycles. The fourth-order valence-corrected chi connectivity index (χ4v) is 5.45. The normalized spacial score (nSPS) is 27.3. The first kappa shape index (κ1) is 27.1. The molecule has 5 rings (SSSR count). The Morgan fingerprint density at radius 1 is 1.10 bits per heavy atom. The third-order valence-corrected chi connectivity index (χ3v) is 8.02. The highest BCUT2D eigenvalue weighted by Gasteiger charge is 2.63. The number of hydrogen-bond acceptors (Lipinski definition) is 5. The van der Waals surface area contributed by atoms with Crippen molar-refractivity contribution in [3.8, 4) is 0 Å². The van der Waals surface area contributed by atoms with Crippen molar-refractivity contribution < 1.29 is 45.9 Å². The van der Waals surface area contributed by atoms with Gasteiger partial charge in [-0.3, -0.25) is 14.9 Å². The van der Waals surface area contributed by atoms with Crippen LogP contribution in [0.2, 0.25) is 0 Å². The van der Waals surface area contributed by atoms with Gasteiger partial charge in [-0.1, -0.05) is 0 Å². The van der Waals surface area contributed by atoms with Gasteiger partial charge in [-0.05, 0) is 55.7 Å². The van der Waals surface area contributed by atoms with Gasteiger partial charge in [-0.15, -0.1) is 0 Å². The minimum Gasteiger partial charge on any atom is -0.442 e. The van der Waals surface area contributed by atoms with E-state index in [-0.39, 0.29) is 43.6 Å². The minimum absolute atomic E-state index is 0.0379. The molecule has 0 bridgehead atoms. The molecule has 1 aromatic carbocycles. The van der Waals surface area contributed by atoms with Crippen LogP contribution >= 0.6 is 0 Å². The molecule has 2 saturated carbocycles. The fraction of sp³-hybridized carbons (Fsp3) is 0.600. The van der Waals surface area contributed by atoms with Crippen molar-refractivity contribution in [1.29, 1.82) is 0 Å². The Morgan fingerprint density at radius 3 is 2.26 bits per heavy atom. The van der Waals surface area contributed by atoms with Gasteiger partial charge in [-0.2, -0.15) is 13.2 Å². The number of halogens is 5. The zero-order chi connectivity index (χ0) is 28.3. The zero-order valence-electron chi connectivity index (χ0n) is 20.9. The molecule has 39 heavy (non-hydrogen) atoms. The first-order chi connectivity index (χ1) is 18.3. The van der Waals surface area contributed by atoms with E-state index in [4.69, 9.17) is 4.74 Å². The lowest BCUT2D eigenvalue weighted by Crippen LogP contribution is -2.66. The molecule has 0 spiro atoms. The van der Waals surface area contributed by atoms with E-state index in [1.165, 1.54) is 4.90 Å². The quantitative estimate of drug-likeness (QED) is 0.426. The van der Waals surface area contributed by atoms with E-state index in [0.29, 0.717) is 0 Å². The average Bonchev–Trinajstić information content (AvgIpc) is 3.62. The van der Waals surface area contributed by atoms with E-state index < -0.39 is 77.6 Å². The Bertz CT molecular complexity index is 1180. The molecule has 1 atom stereocenters. The summed E-state index contributed by atoms with van der Waals surface area (Å²) in [6.07, 6.45) is -6.56. The number of imide groups is 1.